The number of nitrogens with zero attached hydrogens (tertiary/aromatic N) is 4. The van der Waals surface area contributed by atoms with Crippen molar-refractivity contribution in [1.82, 2.24) is 20.0 Å². The molecule has 0 aromatic heterocycles. The van der Waals surface area contributed by atoms with Crippen LogP contribution in [0.15, 0.2) is 47.6 Å². The van der Waals surface area contributed by atoms with Gasteiger partial charge in [-0.3, -0.25) is 9.59 Å². The first-order chi connectivity index (χ1) is 33.4. The van der Waals surface area contributed by atoms with Crippen molar-refractivity contribution in [2.24, 2.45) is 10.8 Å². The predicted molar refractivity (Wildman–Crippen MR) is 265 cm³/mol. The smallest absolute Gasteiger partial charge is 0.430 e. The fourth-order valence-electron chi connectivity index (χ4n) is 12.5. The second-order valence-corrected chi connectivity index (χ2v) is 24.6. The van der Waals surface area contributed by atoms with Gasteiger partial charge in [0, 0.05) is 25.7 Å². The minimum atomic E-state index is -2.02. The number of ketones is 2. The number of benzene rings is 2. The first-order valence-electron chi connectivity index (χ1n) is 25.5. The van der Waals surface area contributed by atoms with Crippen LogP contribution in [0.2, 0.25) is 0 Å². The van der Waals surface area contributed by atoms with E-state index in [1.165, 1.54) is 10.0 Å². The van der Waals surface area contributed by atoms with Crippen molar-refractivity contribution < 1.29 is 57.2 Å². The van der Waals surface area contributed by atoms with E-state index in [0.717, 1.165) is 21.1 Å². The van der Waals surface area contributed by atoms with Crippen molar-refractivity contribution >= 4 is 35.9 Å². The highest BCUT2D eigenvalue weighted by molar-refractivity contribution is 6.08. The van der Waals surface area contributed by atoms with E-state index in [4.69, 9.17) is 28.4 Å². The zero-order valence-corrected chi connectivity index (χ0v) is 45.0. The molecule has 2 saturated heterocycles. The van der Waals surface area contributed by atoms with E-state index in [0.29, 0.717) is 33.4 Å². The van der Waals surface area contributed by atoms with E-state index in [9.17, 15) is 19.2 Å². The maximum atomic E-state index is 16.8. The summed E-state index contributed by atoms with van der Waals surface area (Å²) in [5.74, 6) is -0.400. The molecule has 2 aliphatic carbocycles. The van der Waals surface area contributed by atoms with Crippen LogP contribution in [-0.4, -0.2) is 117 Å². The Labute approximate surface area is 423 Å². The highest BCUT2D eigenvalue weighted by Crippen LogP contribution is 2.62. The fraction of sp³-hybridized carbons (Fsp3) is 0.607. The van der Waals surface area contributed by atoms with Gasteiger partial charge in [-0.05, 0) is 106 Å². The van der Waals surface area contributed by atoms with E-state index in [2.05, 4.69) is 41.5 Å². The first kappa shape index (κ1) is 50.9. The van der Waals surface area contributed by atoms with Gasteiger partial charge >= 0.3 is 24.4 Å². The average molecular weight is 993 g/mol. The van der Waals surface area contributed by atoms with Crippen molar-refractivity contribution in [2.45, 2.75) is 182 Å². The lowest BCUT2D eigenvalue weighted by Crippen LogP contribution is -2.85. The maximum Gasteiger partial charge on any atom is 0.430 e. The molecule has 388 valence electrons. The van der Waals surface area contributed by atoms with Gasteiger partial charge in [0.2, 0.25) is 11.6 Å². The Kier molecular flexibility index (Phi) is 11.5. The second-order valence-electron chi connectivity index (χ2n) is 24.6. The minimum absolute atomic E-state index is 0.0421. The summed E-state index contributed by atoms with van der Waals surface area (Å²) in [6.45, 7) is 30.7. The molecular weight excluding hydrogens is 921 g/mol. The molecule has 2 aromatic rings. The van der Waals surface area contributed by atoms with Crippen LogP contribution in [-0.2, 0) is 65.0 Å². The quantitative estimate of drug-likeness (QED) is 0.210. The summed E-state index contributed by atoms with van der Waals surface area (Å²) in [6, 6.07) is 5.39. The van der Waals surface area contributed by atoms with Crippen LogP contribution in [0, 0.1) is 10.8 Å². The van der Waals surface area contributed by atoms with Gasteiger partial charge in [-0.25, -0.2) is 29.2 Å². The van der Waals surface area contributed by atoms with Gasteiger partial charge < -0.3 is 28.4 Å². The van der Waals surface area contributed by atoms with E-state index in [1.807, 2.05) is 78.0 Å². The topological polar surface area (TPSA) is 171 Å². The Morgan fingerprint density at radius 3 is 1.06 bits per heavy atom. The molecule has 2 fully saturated rings. The zero-order chi connectivity index (χ0) is 52.8. The number of amides is 4. The average Bonchev–Trinajstić information content (AvgIpc) is 3.85. The largest absolute Gasteiger partial charge is 0.476 e. The van der Waals surface area contributed by atoms with Crippen LogP contribution in [0.1, 0.15) is 144 Å². The number of carbonyl (C=O) groups excluding carboxylic acids is 6. The molecule has 0 radical (unpaired) electrons. The summed E-state index contributed by atoms with van der Waals surface area (Å²) in [5, 5.41) is 4.76. The Morgan fingerprint density at radius 2 is 0.778 bits per heavy atom. The zero-order valence-electron chi connectivity index (χ0n) is 45.0. The van der Waals surface area contributed by atoms with Crippen molar-refractivity contribution in [1.29, 1.82) is 0 Å². The standard InChI is InChI=1S/C56H72N4O12/c1-17-67-45(63)57-41-37(51(11,12)13)29-53(59(57)47(65)69-19-3)25-31-21-35(49(5,6)7)24-34-28-56(72-40(31)34)42-38(52(14,15)16)30-54(44(56)62,60(48(66)70-20-4)58(42)46(64)68-18-2)26-32-22-36(50(8,9)10)23-33-27-55(41,43(53)61)71-39(32)33/h21-24,29-30,41-42H,17-20,25-28H2,1-16H3/t41?,42?,53?,54?,55-,56+. The lowest BCUT2D eigenvalue weighted by atomic mass is 9.59. The van der Waals surface area contributed by atoms with Crippen LogP contribution in [0.5, 0.6) is 11.5 Å². The summed E-state index contributed by atoms with van der Waals surface area (Å²) in [5.41, 5.74) is -5.18. The van der Waals surface area contributed by atoms with Gasteiger partial charge in [0.05, 0.1) is 26.4 Å². The van der Waals surface area contributed by atoms with E-state index < -0.39 is 92.0 Å². The third kappa shape index (κ3) is 7.02. The summed E-state index contributed by atoms with van der Waals surface area (Å²) < 4.78 is 38.3. The van der Waals surface area contributed by atoms with Crippen LogP contribution in [0.25, 0.3) is 0 Å². The van der Waals surface area contributed by atoms with Crippen molar-refractivity contribution in [3.8, 4) is 11.5 Å². The lowest BCUT2D eigenvalue weighted by Gasteiger charge is -2.63. The van der Waals surface area contributed by atoms with Crippen LogP contribution in [0.3, 0.4) is 0 Å². The molecule has 4 amide bonds. The summed E-state index contributed by atoms with van der Waals surface area (Å²) in [7, 11) is 0. The molecule has 7 aliphatic heterocycles. The number of hydrazine groups is 2. The monoisotopic (exact) mass is 993 g/mol. The molecule has 7 heterocycles. The summed E-state index contributed by atoms with van der Waals surface area (Å²) in [4.78, 5) is 93.4. The third-order valence-electron chi connectivity index (χ3n) is 15.6. The Hall–Kier alpha value is -6.06. The Balaban J connectivity index is 1.48. The fourth-order valence-corrected chi connectivity index (χ4v) is 12.5. The van der Waals surface area contributed by atoms with Crippen molar-refractivity contribution in [3.05, 3.63) is 80.9 Å². The number of fused-ring (bicyclic) bond motifs is 2. The Bertz CT molecular complexity index is 2600. The predicted octanol–water partition coefficient (Wildman–Crippen LogP) is 9.44. The van der Waals surface area contributed by atoms with E-state index >= 15 is 9.59 Å². The molecule has 11 rings (SSSR count). The van der Waals surface area contributed by atoms with Crippen LogP contribution < -0.4 is 9.47 Å². The molecular formula is C56H72N4O12. The lowest BCUT2D eigenvalue weighted by molar-refractivity contribution is -0.195. The summed E-state index contributed by atoms with van der Waals surface area (Å²) >= 11 is 0. The first-order valence-corrected chi connectivity index (χ1v) is 25.5. The third-order valence-corrected chi connectivity index (χ3v) is 15.6. The van der Waals surface area contributed by atoms with Gasteiger partial charge in [-0.1, -0.05) is 107 Å². The second kappa shape index (κ2) is 16.2. The number of Topliss-reactive ketones (excluding diaryl/α,β-unsaturated/α-hetero) is 2. The van der Waals surface area contributed by atoms with Gasteiger partial charge in [0.1, 0.15) is 23.6 Å². The van der Waals surface area contributed by atoms with Gasteiger partial charge in [0.15, 0.2) is 22.3 Å². The number of rotatable bonds is 4. The van der Waals surface area contributed by atoms with Gasteiger partial charge in [-0.15, -0.1) is 0 Å². The van der Waals surface area contributed by atoms with Crippen molar-refractivity contribution in [3.63, 3.8) is 0 Å². The van der Waals surface area contributed by atoms with Crippen molar-refractivity contribution in [2.75, 3.05) is 26.4 Å². The SMILES string of the molecule is CCOC(=O)N1C2C(C(C)(C)C)=CC3(Cc4cc(C(C)(C)C)cc5c4O[C@]4(C5)C(=O)C5(C=C(C(C)(C)C)C4N(C(=O)OCC)N5C(=O)OCC)Cc4cc(C(C)(C)C)cc5c4O[C@@]2(C5)C3=O)N1C(=O)OCC. The van der Waals surface area contributed by atoms with Crippen LogP contribution >= 0.6 is 0 Å². The summed E-state index contributed by atoms with van der Waals surface area (Å²) in [6.07, 6.45) is -0.615. The molecule has 8 bridgehead atoms. The molecule has 16 nitrogen and oxygen atoms in total. The number of carbonyl (C=O) groups is 6. The van der Waals surface area contributed by atoms with E-state index in [-0.39, 0.29) is 63.6 Å². The number of hydrogen-bond acceptors (Lipinski definition) is 12. The molecule has 72 heavy (non-hydrogen) atoms. The number of ether oxygens (including phenoxy) is 6. The minimum Gasteiger partial charge on any atom is -0.476 e. The molecule has 0 N–H and O–H groups in total. The highest BCUT2D eigenvalue weighted by atomic mass is 16.6. The van der Waals surface area contributed by atoms with Gasteiger partial charge in [0.25, 0.3) is 0 Å². The van der Waals surface area contributed by atoms with E-state index in [1.54, 1.807) is 27.7 Å². The Morgan fingerprint density at radius 1 is 0.486 bits per heavy atom. The highest BCUT2D eigenvalue weighted by Gasteiger charge is 2.77. The molecule has 2 aromatic carbocycles. The normalized spacial score (nSPS) is 27.9. The molecule has 4 unspecified atom stereocenters. The molecule has 16 heteroatoms. The van der Waals surface area contributed by atoms with Crippen LogP contribution in [0.4, 0.5) is 19.2 Å². The molecule has 0 saturated carbocycles. The number of hydrogen-bond donors (Lipinski definition) is 0. The molecule has 6 atom stereocenters. The van der Waals surface area contributed by atoms with Gasteiger partial charge in [-0.2, -0.15) is 10.0 Å². The molecule has 4 spiro atoms. The molecule has 9 aliphatic rings. The maximum absolute atomic E-state index is 16.8.